The molecular weight excluding hydrogens is 180 g/mol. The zero-order valence-electron chi connectivity index (χ0n) is 6.71. The van der Waals surface area contributed by atoms with Crippen molar-refractivity contribution in [3.8, 4) is 0 Å². The van der Waals surface area contributed by atoms with E-state index in [0.29, 0.717) is 6.29 Å². The Balaban J connectivity index is 2.84. The molecule has 1 nitrogen and oxygen atoms in total. The van der Waals surface area contributed by atoms with Crippen molar-refractivity contribution in [1.82, 2.24) is 0 Å². The molecule has 1 aromatic carbocycles. The van der Waals surface area contributed by atoms with Crippen LogP contribution in [0.25, 0.3) is 0 Å². The molecule has 0 aliphatic rings. The van der Waals surface area contributed by atoms with Gasteiger partial charge in [-0.05, 0) is 0 Å². The van der Waals surface area contributed by atoms with Crippen LogP contribution in [-0.4, -0.2) is 13.3 Å². The Bertz CT molecular complexity index is 309. The number of carbonyl (C=O) groups excluding carboxylic acids is 1. The molecule has 0 saturated heterocycles. The highest BCUT2D eigenvalue weighted by molar-refractivity contribution is 6.57. The molecule has 0 aliphatic heterocycles. The van der Waals surface area contributed by atoms with Crippen LogP contribution in [0.15, 0.2) is 24.3 Å². The van der Waals surface area contributed by atoms with Crippen LogP contribution in [0.4, 0.5) is 12.9 Å². The monoisotopic (exact) mass is 187 g/mol. The molecule has 0 spiro atoms. The van der Waals surface area contributed by atoms with E-state index in [1.54, 1.807) is 0 Å². The van der Waals surface area contributed by atoms with E-state index in [2.05, 4.69) is 0 Å². The molecule has 5 heteroatoms. The number of halogens is 3. The molecule has 0 atom stereocenters. The van der Waals surface area contributed by atoms with Gasteiger partial charge in [-0.3, -0.25) is 4.79 Å². The maximum absolute atomic E-state index is 12.0. The molecule has 0 aromatic heterocycles. The van der Waals surface area contributed by atoms with Crippen molar-refractivity contribution < 1.29 is 17.7 Å². The van der Waals surface area contributed by atoms with E-state index < -0.39 is 13.3 Å². The number of hydrogen-bond acceptors (Lipinski definition) is 1. The van der Waals surface area contributed by atoms with Crippen LogP contribution in [0.5, 0.6) is 0 Å². The highest BCUT2D eigenvalue weighted by atomic mass is 19.4. The van der Waals surface area contributed by atoms with Crippen molar-refractivity contribution in [2.24, 2.45) is 0 Å². The van der Waals surface area contributed by atoms with Gasteiger partial charge in [-0.15, -0.1) is 0 Å². The second-order valence-electron chi connectivity index (χ2n) is 2.78. The second kappa shape index (κ2) is 3.64. The fourth-order valence-electron chi connectivity index (χ4n) is 1.06. The number of benzene rings is 1. The Morgan fingerprint density at radius 2 is 2.00 bits per heavy atom. The SMILES string of the molecule is O=Cc1cccc(C[B-](F)(F)F)c1. The van der Waals surface area contributed by atoms with Gasteiger partial charge in [-0.1, -0.05) is 36.1 Å². The third-order valence-electron chi connectivity index (χ3n) is 1.55. The van der Waals surface area contributed by atoms with Gasteiger partial charge < -0.3 is 12.9 Å². The summed E-state index contributed by atoms with van der Waals surface area (Å²) in [6, 6.07) is 5.53. The minimum Gasteiger partial charge on any atom is -0.449 e. The summed E-state index contributed by atoms with van der Waals surface area (Å²) in [4.78, 5) is 10.2. The first-order valence-corrected chi connectivity index (χ1v) is 3.76. The third kappa shape index (κ3) is 3.31. The largest absolute Gasteiger partial charge is 0.482 e. The van der Waals surface area contributed by atoms with Crippen LogP contribution in [0, 0.1) is 0 Å². The van der Waals surface area contributed by atoms with Gasteiger partial charge in [0.2, 0.25) is 0 Å². The van der Waals surface area contributed by atoms with Crippen molar-refractivity contribution >= 4 is 13.3 Å². The molecule has 0 unspecified atom stereocenters. The van der Waals surface area contributed by atoms with Crippen LogP contribution in [0.2, 0.25) is 0 Å². The van der Waals surface area contributed by atoms with Crippen molar-refractivity contribution in [2.45, 2.75) is 6.32 Å². The van der Waals surface area contributed by atoms with E-state index in [4.69, 9.17) is 0 Å². The van der Waals surface area contributed by atoms with E-state index in [9.17, 15) is 17.7 Å². The Morgan fingerprint density at radius 3 is 2.54 bits per heavy atom. The number of hydrogen-bond donors (Lipinski definition) is 0. The Hall–Kier alpha value is -1.26. The quantitative estimate of drug-likeness (QED) is 0.524. The molecule has 0 radical (unpaired) electrons. The van der Waals surface area contributed by atoms with Gasteiger partial charge in [-0.2, -0.15) is 0 Å². The lowest BCUT2D eigenvalue weighted by atomic mass is 9.81. The smallest absolute Gasteiger partial charge is 0.449 e. The standard InChI is InChI=1S/C8H7BF3O/c10-9(11,12)5-7-2-1-3-8(4-7)6-13/h1-4,6H,5H2/q-1. The van der Waals surface area contributed by atoms with Gasteiger partial charge in [0.1, 0.15) is 6.29 Å². The number of rotatable bonds is 3. The average Bonchev–Trinajstić information content (AvgIpc) is 2.01. The molecule has 1 rings (SSSR count). The van der Waals surface area contributed by atoms with Crippen molar-refractivity contribution in [3.63, 3.8) is 0 Å². The van der Waals surface area contributed by atoms with Crippen LogP contribution >= 0.6 is 0 Å². The minimum absolute atomic E-state index is 0.136. The first-order valence-electron chi connectivity index (χ1n) is 3.76. The summed E-state index contributed by atoms with van der Waals surface area (Å²) in [6.07, 6.45) is -0.394. The number of aldehydes is 1. The molecule has 0 saturated carbocycles. The highest BCUT2D eigenvalue weighted by Crippen LogP contribution is 2.16. The van der Waals surface area contributed by atoms with E-state index >= 15 is 0 Å². The maximum Gasteiger partial charge on any atom is 0.482 e. The predicted octanol–water partition coefficient (Wildman–Crippen LogP) is 2.43. The van der Waals surface area contributed by atoms with Crippen molar-refractivity contribution in [2.75, 3.05) is 0 Å². The van der Waals surface area contributed by atoms with Gasteiger partial charge >= 0.3 is 6.98 Å². The lowest BCUT2D eigenvalue weighted by Gasteiger charge is -2.13. The Kier molecular flexibility index (Phi) is 2.75. The minimum atomic E-state index is -4.82. The maximum atomic E-state index is 12.0. The average molecular weight is 187 g/mol. The van der Waals surface area contributed by atoms with E-state index in [0.717, 1.165) is 0 Å². The Labute approximate surface area is 73.6 Å². The van der Waals surface area contributed by atoms with Crippen molar-refractivity contribution in [3.05, 3.63) is 35.4 Å². The lowest BCUT2D eigenvalue weighted by Crippen LogP contribution is -2.19. The molecule has 0 bridgehead atoms. The molecule has 13 heavy (non-hydrogen) atoms. The third-order valence-corrected chi connectivity index (χ3v) is 1.55. The molecular formula is C8H7BF3O-. The molecule has 0 heterocycles. The van der Waals surface area contributed by atoms with Gasteiger partial charge in [-0.25, -0.2) is 0 Å². The van der Waals surface area contributed by atoms with E-state index in [-0.39, 0.29) is 11.1 Å². The predicted molar refractivity (Wildman–Crippen MR) is 44.6 cm³/mol. The summed E-state index contributed by atoms with van der Waals surface area (Å²) in [5, 5.41) is 0. The summed E-state index contributed by atoms with van der Waals surface area (Å²) >= 11 is 0. The van der Waals surface area contributed by atoms with Gasteiger partial charge in [0.15, 0.2) is 0 Å². The lowest BCUT2D eigenvalue weighted by molar-refractivity contribution is 0.112. The zero-order chi connectivity index (χ0) is 9.90. The fourth-order valence-corrected chi connectivity index (χ4v) is 1.06. The molecule has 1 aromatic rings. The first kappa shape index (κ1) is 9.83. The molecule has 0 amide bonds. The van der Waals surface area contributed by atoms with Gasteiger partial charge in [0, 0.05) is 5.56 Å². The van der Waals surface area contributed by atoms with E-state index in [1.165, 1.54) is 24.3 Å². The summed E-state index contributed by atoms with van der Waals surface area (Å²) in [5.41, 5.74) is 0.412. The van der Waals surface area contributed by atoms with Crippen LogP contribution in [-0.2, 0) is 6.32 Å². The van der Waals surface area contributed by atoms with Crippen LogP contribution < -0.4 is 0 Å². The molecule has 0 fully saturated rings. The zero-order valence-corrected chi connectivity index (χ0v) is 6.71. The summed E-state index contributed by atoms with van der Waals surface area (Å²) in [6.45, 7) is -4.82. The fraction of sp³-hybridized carbons (Fsp3) is 0.125. The first-order chi connectivity index (χ1) is 6.01. The van der Waals surface area contributed by atoms with Crippen LogP contribution in [0.1, 0.15) is 15.9 Å². The summed E-state index contributed by atoms with van der Waals surface area (Å²) < 4.78 is 35.9. The van der Waals surface area contributed by atoms with Crippen molar-refractivity contribution in [1.29, 1.82) is 0 Å². The second-order valence-corrected chi connectivity index (χ2v) is 2.78. The highest BCUT2D eigenvalue weighted by Gasteiger charge is 2.22. The summed E-state index contributed by atoms with van der Waals surface area (Å²) in [5.74, 6) is 0. The normalized spacial score (nSPS) is 11.3. The Morgan fingerprint density at radius 1 is 1.31 bits per heavy atom. The molecule has 0 N–H and O–H groups in total. The van der Waals surface area contributed by atoms with Gasteiger partial charge in [0.05, 0.1) is 0 Å². The number of carbonyl (C=O) groups is 1. The topological polar surface area (TPSA) is 17.1 Å². The van der Waals surface area contributed by atoms with Gasteiger partial charge in [0.25, 0.3) is 0 Å². The molecule has 0 aliphatic carbocycles. The van der Waals surface area contributed by atoms with Crippen LogP contribution in [0.3, 0.4) is 0 Å². The summed E-state index contributed by atoms with van der Waals surface area (Å²) in [7, 11) is 0. The van der Waals surface area contributed by atoms with E-state index in [1.807, 2.05) is 0 Å². The molecule has 70 valence electrons.